The summed E-state index contributed by atoms with van der Waals surface area (Å²) in [5.74, 6) is 0.965. The van der Waals surface area contributed by atoms with Crippen molar-refractivity contribution in [2.75, 3.05) is 26.2 Å². The molecular weight excluding hydrogens is 190 g/mol. The molecule has 3 saturated heterocycles. The van der Waals surface area contributed by atoms with Crippen molar-refractivity contribution < 1.29 is 4.79 Å². The van der Waals surface area contributed by atoms with Gasteiger partial charge < -0.3 is 10.6 Å². The summed E-state index contributed by atoms with van der Waals surface area (Å²) in [6.45, 7) is 4.67. The number of carbonyl (C=O) groups is 1. The zero-order chi connectivity index (χ0) is 10.3. The maximum atomic E-state index is 11.3. The topological polar surface area (TPSA) is 44.4 Å². The van der Waals surface area contributed by atoms with Crippen molar-refractivity contribution in [1.29, 1.82) is 0 Å². The molecule has 0 aromatic carbocycles. The summed E-state index contributed by atoms with van der Waals surface area (Å²) in [5.41, 5.74) is 0. The van der Waals surface area contributed by atoms with E-state index in [9.17, 15) is 4.79 Å². The summed E-state index contributed by atoms with van der Waals surface area (Å²) < 4.78 is 0. The zero-order valence-corrected chi connectivity index (χ0v) is 9.04. The normalized spacial score (nSPS) is 38.0. The van der Waals surface area contributed by atoms with Gasteiger partial charge in [-0.2, -0.15) is 0 Å². The molecule has 1 amide bonds. The lowest BCUT2D eigenvalue weighted by atomic mass is 9.84. The predicted molar refractivity (Wildman–Crippen MR) is 57.5 cm³/mol. The molecule has 0 aromatic heterocycles. The first-order chi connectivity index (χ1) is 7.33. The quantitative estimate of drug-likeness (QED) is 0.615. The Bertz CT molecular complexity index is 265. The Hall–Kier alpha value is -0.610. The van der Waals surface area contributed by atoms with Gasteiger partial charge in [0, 0.05) is 44.7 Å². The van der Waals surface area contributed by atoms with Crippen molar-refractivity contribution in [2.24, 2.45) is 5.92 Å². The van der Waals surface area contributed by atoms with Crippen LogP contribution in [0.25, 0.3) is 0 Å². The molecule has 15 heavy (non-hydrogen) atoms. The maximum Gasteiger partial charge on any atom is 0.220 e. The minimum atomic E-state index is 0.259. The lowest BCUT2D eigenvalue weighted by Crippen LogP contribution is -2.63. The second kappa shape index (κ2) is 3.76. The summed E-state index contributed by atoms with van der Waals surface area (Å²) >= 11 is 0. The van der Waals surface area contributed by atoms with Crippen LogP contribution in [0.4, 0.5) is 0 Å². The van der Waals surface area contributed by atoms with E-state index >= 15 is 0 Å². The SMILES string of the molecule is O=C1CCC2CN(C3CNC3)CCC2N1. The van der Waals surface area contributed by atoms with Crippen LogP contribution in [0, 0.1) is 5.92 Å². The number of carbonyl (C=O) groups excluding carboxylic acids is 1. The molecule has 3 fully saturated rings. The smallest absolute Gasteiger partial charge is 0.220 e. The molecule has 3 aliphatic heterocycles. The molecule has 3 heterocycles. The van der Waals surface area contributed by atoms with Crippen molar-refractivity contribution in [1.82, 2.24) is 15.5 Å². The van der Waals surface area contributed by atoms with Crippen molar-refractivity contribution in [3.8, 4) is 0 Å². The van der Waals surface area contributed by atoms with Crippen LogP contribution < -0.4 is 10.6 Å². The van der Waals surface area contributed by atoms with Gasteiger partial charge in [0.25, 0.3) is 0 Å². The molecule has 0 saturated carbocycles. The Kier molecular flexibility index (Phi) is 2.41. The highest BCUT2D eigenvalue weighted by Gasteiger charge is 2.36. The first-order valence-corrected chi connectivity index (χ1v) is 6.07. The summed E-state index contributed by atoms with van der Waals surface area (Å²) in [5, 5.41) is 6.46. The van der Waals surface area contributed by atoms with Crippen LogP contribution in [-0.2, 0) is 4.79 Å². The molecular formula is C11H19N3O. The third kappa shape index (κ3) is 1.76. The number of piperidine rings is 2. The van der Waals surface area contributed by atoms with Gasteiger partial charge in [-0.1, -0.05) is 0 Å². The van der Waals surface area contributed by atoms with Gasteiger partial charge in [0.15, 0.2) is 0 Å². The number of amides is 1. The zero-order valence-electron chi connectivity index (χ0n) is 9.04. The Morgan fingerprint density at radius 1 is 1.27 bits per heavy atom. The van der Waals surface area contributed by atoms with Gasteiger partial charge in [-0.05, 0) is 18.8 Å². The van der Waals surface area contributed by atoms with E-state index in [1.165, 1.54) is 6.54 Å². The average Bonchev–Trinajstić information content (AvgIpc) is 2.15. The molecule has 0 bridgehead atoms. The molecule has 0 spiro atoms. The molecule has 84 valence electrons. The second-order valence-corrected chi connectivity index (χ2v) is 5.07. The van der Waals surface area contributed by atoms with E-state index in [4.69, 9.17) is 0 Å². The monoisotopic (exact) mass is 209 g/mol. The van der Waals surface area contributed by atoms with Crippen LogP contribution in [0.5, 0.6) is 0 Å². The first kappa shape index (κ1) is 9.60. The van der Waals surface area contributed by atoms with E-state index in [0.717, 1.165) is 44.9 Å². The molecule has 3 rings (SSSR count). The van der Waals surface area contributed by atoms with Gasteiger partial charge in [-0.25, -0.2) is 0 Å². The third-order valence-corrected chi connectivity index (χ3v) is 4.13. The molecule has 3 aliphatic rings. The minimum absolute atomic E-state index is 0.259. The summed E-state index contributed by atoms with van der Waals surface area (Å²) in [4.78, 5) is 13.9. The molecule has 2 unspecified atom stereocenters. The number of rotatable bonds is 1. The average molecular weight is 209 g/mol. The molecule has 0 radical (unpaired) electrons. The Morgan fingerprint density at radius 3 is 2.87 bits per heavy atom. The van der Waals surface area contributed by atoms with E-state index in [1.807, 2.05) is 0 Å². The molecule has 0 aromatic rings. The summed E-state index contributed by atoms with van der Waals surface area (Å²) in [6.07, 6.45) is 2.97. The standard InChI is InChI=1S/C11H19N3O/c15-11-2-1-8-7-14(9-5-12-6-9)4-3-10(8)13-11/h8-10,12H,1-7H2,(H,13,15). The van der Waals surface area contributed by atoms with Gasteiger partial charge in [-0.3, -0.25) is 9.69 Å². The van der Waals surface area contributed by atoms with Crippen molar-refractivity contribution in [2.45, 2.75) is 31.3 Å². The molecule has 4 heteroatoms. The number of hydrogen-bond acceptors (Lipinski definition) is 3. The number of likely N-dealkylation sites (tertiary alicyclic amines) is 1. The van der Waals surface area contributed by atoms with Crippen molar-refractivity contribution >= 4 is 5.91 Å². The van der Waals surface area contributed by atoms with E-state index in [-0.39, 0.29) is 5.91 Å². The third-order valence-electron chi connectivity index (χ3n) is 4.13. The lowest BCUT2D eigenvalue weighted by Gasteiger charge is -2.47. The number of hydrogen-bond donors (Lipinski definition) is 2. The van der Waals surface area contributed by atoms with Crippen LogP contribution in [0.2, 0.25) is 0 Å². The summed E-state index contributed by atoms with van der Waals surface area (Å²) in [6, 6.07) is 1.24. The highest BCUT2D eigenvalue weighted by molar-refractivity contribution is 5.77. The van der Waals surface area contributed by atoms with Crippen LogP contribution in [0.15, 0.2) is 0 Å². The lowest BCUT2D eigenvalue weighted by molar-refractivity contribution is -0.125. The van der Waals surface area contributed by atoms with Crippen LogP contribution >= 0.6 is 0 Å². The largest absolute Gasteiger partial charge is 0.353 e. The van der Waals surface area contributed by atoms with Crippen LogP contribution in [-0.4, -0.2) is 49.1 Å². The van der Waals surface area contributed by atoms with Crippen LogP contribution in [0.3, 0.4) is 0 Å². The van der Waals surface area contributed by atoms with Gasteiger partial charge in [0.1, 0.15) is 0 Å². The fraction of sp³-hybridized carbons (Fsp3) is 0.909. The Labute approximate surface area is 90.4 Å². The fourth-order valence-electron chi connectivity index (χ4n) is 3.00. The fourth-order valence-corrected chi connectivity index (χ4v) is 3.00. The van der Waals surface area contributed by atoms with E-state index < -0.39 is 0 Å². The van der Waals surface area contributed by atoms with E-state index in [1.54, 1.807) is 0 Å². The summed E-state index contributed by atoms with van der Waals surface area (Å²) in [7, 11) is 0. The molecule has 2 N–H and O–H groups in total. The van der Waals surface area contributed by atoms with Gasteiger partial charge in [0.2, 0.25) is 5.91 Å². The van der Waals surface area contributed by atoms with Gasteiger partial charge in [0.05, 0.1) is 0 Å². The Morgan fingerprint density at radius 2 is 2.13 bits per heavy atom. The van der Waals surface area contributed by atoms with Gasteiger partial charge >= 0.3 is 0 Å². The minimum Gasteiger partial charge on any atom is -0.353 e. The van der Waals surface area contributed by atoms with Gasteiger partial charge in [-0.15, -0.1) is 0 Å². The van der Waals surface area contributed by atoms with Crippen molar-refractivity contribution in [3.63, 3.8) is 0 Å². The van der Waals surface area contributed by atoms with E-state index in [2.05, 4.69) is 15.5 Å². The van der Waals surface area contributed by atoms with E-state index in [0.29, 0.717) is 12.0 Å². The highest BCUT2D eigenvalue weighted by atomic mass is 16.1. The molecule has 4 nitrogen and oxygen atoms in total. The van der Waals surface area contributed by atoms with Crippen molar-refractivity contribution in [3.05, 3.63) is 0 Å². The molecule has 2 atom stereocenters. The number of nitrogens with one attached hydrogen (secondary N) is 2. The Balaban J connectivity index is 1.60. The molecule has 0 aliphatic carbocycles. The highest BCUT2D eigenvalue weighted by Crippen LogP contribution is 2.26. The van der Waals surface area contributed by atoms with Crippen LogP contribution in [0.1, 0.15) is 19.3 Å². The first-order valence-electron chi connectivity index (χ1n) is 6.07. The second-order valence-electron chi connectivity index (χ2n) is 5.07. The number of nitrogens with zero attached hydrogens (tertiary/aromatic N) is 1. The predicted octanol–water partition coefficient (Wildman–Crippen LogP) is -0.441. The number of fused-ring (bicyclic) bond motifs is 1. The maximum absolute atomic E-state index is 11.3.